The second-order valence-corrected chi connectivity index (χ2v) is 9.99. The lowest BCUT2D eigenvalue weighted by atomic mass is 10.1. The van der Waals surface area contributed by atoms with Crippen molar-refractivity contribution < 1.29 is 37.8 Å². The van der Waals surface area contributed by atoms with E-state index in [1.165, 1.54) is 0 Å². The Hall–Kier alpha value is -3.22. The molecule has 0 unspecified atom stereocenters. The Kier molecular flexibility index (Phi) is 9.99. The summed E-state index contributed by atoms with van der Waals surface area (Å²) < 4.78 is 32.5. The maximum absolute atomic E-state index is 12.8. The quantitative estimate of drug-likeness (QED) is 0.353. The number of aryl methyl sites for hydroxylation is 1. The highest BCUT2D eigenvalue weighted by Gasteiger charge is 2.26. The third-order valence-electron chi connectivity index (χ3n) is 5.57. The Bertz CT molecular complexity index is 1180. The maximum Gasteiger partial charge on any atom is 0.340 e. The van der Waals surface area contributed by atoms with Crippen molar-refractivity contribution in [1.29, 1.82) is 0 Å². The van der Waals surface area contributed by atoms with Gasteiger partial charge in [-0.15, -0.1) is 0 Å². The third-order valence-corrected chi connectivity index (χ3v) is 6.30. The molecule has 2 heterocycles. The van der Waals surface area contributed by atoms with Gasteiger partial charge in [-0.3, -0.25) is 0 Å². The number of sulfonamides is 1. The monoisotopic (exact) mass is 509 g/mol. The van der Waals surface area contributed by atoms with Crippen LogP contribution in [0.1, 0.15) is 28.9 Å². The SMILES string of the molecule is Cc1c(C(=O)OC2CCN(CCNS(C)(=O)=O)CC2)c2ccccc2n1C.O=C(O)C=CC(=O)O. The average Bonchev–Trinajstić information content (AvgIpc) is 3.03. The van der Waals surface area contributed by atoms with E-state index in [-0.39, 0.29) is 12.1 Å². The number of esters is 1. The lowest BCUT2D eigenvalue weighted by Crippen LogP contribution is -2.41. The summed E-state index contributed by atoms with van der Waals surface area (Å²) in [6.45, 7) is 4.58. The van der Waals surface area contributed by atoms with Gasteiger partial charge in [0, 0.05) is 62.0 Å². The standard InChI is InChI=1S/C19H27N3O4S.C4H4O4/c1-14-18(16-6-4-5-7-17(16)21(14)2)19(23)26-15-8-11-22(12-9-15)13-10-20-27(3,24)25;5-3(6)1-2-4(7)8/h4-7,15,20H,8-13H2,1-3H3;1-2H,(H,5,6)(H,7,8). The number of ether oxygens (including phenoxy) is 1. The number of piperidine rings is 1. The highest BCUT2D eigenvalue weighted by molar-refractivity contribution is 7.88. The van der Waals surface area contributed by atoms with Gasteiger partial charge >= 0.3 is 17.9 Å². The highest BCUT2D eigenvalue weighted by Crippen LogP contribution is 2.26. The molecule has 0 amide bonds. The number of fused-ring (bicyclic) bond motifs is 1. The van der Waals surface area contributed by atoms with E-state index in [2.05, 4.69) is 9.62 Å². The third kappa shape index (κ3) is 8.81. The van der Waals surface area contributed by atoms with Crippen molar-refractivity contribution in [2.45, 2.75) is 25.9 Å². The van der Waals surface area contributed by atoms with Gasteiger partial charge in [0.2, 0.25) is 10.0 Å². The van der Waals surface area contributed by atoms with E-state index >= 15 is 0 Å². The Morgan fingerprint density at radius 1 is 1.11 bits per heavy atom. The minimum atomic E-state index is -3.15. The van der Waals surface area contributed by atoms with Gasteiger partial charge < -0.3 is 24.4 Å². The maximum atomic E-state index is 12.8. The molecule has 11 nitrogen and oxygen atoms in total. The Morgan fingerprint density at radius 2 is 1.69 bits per heavy atom. The van der Waals surface area contributed by atoms with Crippen LogP contribution in [0.3, 0.4) is 0 Å². The van der Waals surface area contributed by atoms with Crippen molar-refractivity contribution in [3.05, 3.63) is 47.7 Å². The molecule has 1 aliphatic rings. The predicted octanol–water partition coefficient (Wildman–Crippen LogP) is 1.37. The van der Waals surface area contributed by atoms with Crippen LogP contribution < -0.4 is 4.72 Å². The Balaban J connectivity index is 0.000000466. The largest absolute Gasteiger partial charge is 0.478 e. The highest BCUT2D eigenvalue weighted by atomic mass is 32.2. The smallest absolute Gasteiger partial charge is 0.340 e. The molecule has 192 valence electrons. The Morgan fingerprint density at radius 3 is 2.23 bits per heavy atom. The van der Waals surface area contributed by atoms with E-state index in [0.29, 0.717) is 30.8 Å². The normalized spacial score (nSPS) is 15.1. The number of carbonyl (C=O) groups excluding carboxylic acids is 1. The van der Waals surface area contributed by atoms with E-state index < -0.39 is 22.0 Å². The van der Waals surface area contributed by atoms with Crippen molar-refractivity contribution in [2.75, 3.05) is 32.4 Å². The first-order valence-corrected chi connectivity index (χ1v) is 12.8. The molecule has 1 aromatic heterocycles. The van der Waals surface area contributed by atoms with E-state index in [1.807, 2.05) is 42.8 Å². The van der Waals surface area contributed by atoms with Gasteiger partial charge in [0.05, 0.1) is 11.8 Å². The number of rotatable bonds is 8. The molecule has 1 saturated heterocycles. The molecule has 0 radical (unpaired) electrons. The van der Waals surface area contributed by atoms with Gasteiger partial charge in [-0.2, -0.15) is 0 Å². The molecule has 1 fully saturated rings. The fourth-order valence-electron chi connectivity index (χ4n) is 3.77. The van der Waals surface area contributed by atoms with Crippen LogP contribution in [0, 0.1) is 6.92 Å². The molecular weight excluding hydrogens is 478 g/mol. The predicted molar refractivity (Wildman–Crippen MR) is 130 cm³/mol. The van der Waals surface area contributed by atoms with Crippen LogP contribution in [0.4, 0.5) is 0 Å². The molecule has 0 aliphatic carbocycles. The molecule has 12 heteroatoms. The summed E-state index contributed by atoms with van der Waals surface area (Å²) in [5, 5.41) is 16.5. The second-order valence-electron chi connectivity index (χ2n) is 8.16. The van der Waals surface area contributed by atoms with E-state index in [9.17, 15) is 22.8 Å². The number of aliphatic carboxylic acids is 2. The number of benzene rings is 1. The number of hydrogen-bond donors (Lipinski definition) is 3. The summed E-state index contributed by atoms with van der Waals surface area (Å²) in [6, 6.07) is 7.85. The van der Waals surface area contributed by atoms with Crippen LogP contribution in [0.25, 0.3) is 10.9 Å². The van der Waals surface area contributed by atoms with Crippen molar-refractivity contribution >= 4 is 38.8 Å². The van der Waals surface area contributed by atoms with Gasteiger partial charge in [-0.05, 0) is 25.8 Å². The number of nitrogens with zero attached hydrogens (tertiary/aromatic N) is 2. The zero-order valence-electron chi connectivity index (χ0n) is 19.9. The van der Waals surface area contributed by atoms with Crippen LogP contribution in [-0.4, -0.2) is 84.5 Å². The van der Waals surface area contributed by atoms with Gasteiger partial charge in [-0.25, -0.2) is 27.5 Å². The minimum absolute atomic E-state index is 0.102. The number of nitrogens with one attached hydrogen (secondary N) is 1. The Labute approximate surface area is 204 Å². The molecule has 0 bridgehead atoms. The van der Waals surface area contributed by atoms with Gasteiger partial charge in [0.25, 0.3) is 0 Å². The van der Waals surface area contributed by atoms with E-state index in [4.69, 9.17) is 14.9 Å². The van der Waals surface area contributed by atoms with Crippen LogP contribution >= 0.6 is 0 Å². The summed E-state index contributed by atoms with van der Waals surface area (Å²) in [5.74, 6) is -2.78. The number of likely N-dealkylation sites (tertiary alicyclic amines) is 1. The summed E-state index contributed by atoms with van der Waals surface area (Å²) in [5.41, 5.74) is 2.58. The molecule has 0 atom stereocenters. The molecule has 0 saturated carbocycles. The molecule has 0 spiro atoms. The lowest BCUT2D eigenvalue weighted by Gasteiger charge is -2.31. The van der Waals surface area contributed by atoms with E-state index in [1.54, 1.807) is 0 Å². The summed E-state index contributed by atoms with van der Waals surface area (Å²) in [7, 11) is -1.19. The molecule has 3 rings (SSSR count). The van der Waals surface area contributed by atoms with Crippen molar-refractivity contribution in [3.63, 3.8) is 0 Å². The van der Waals surface area contributed by atoms with E-state index in [0.717, 1.165) is 48.8 Å². The average molecular weight is 510 g/mol. The zero-order valence-corrected chi connectivity index (χ0v) is 20.7. The molecule has 1 aromatic carbocycles. The van der Waals surface area contributed by atoms with Crippen LogP contribution in [0.5, 0.6) is 0 Å². The van der Waals surface area contributed by atoms with Gasteiger partial charge in [0.15, 0.2) is 0 Å². The van der Waals surface area contributed by atoms with Gasteiger partial charge in [-0.1, -0.05) is 18.2 Å². The second kappa shape index (κ2) is 12.5. The minimum Gasteiger partial charge on any atom is -0.478 e. The van der Waals surface area contributed by atoms with Crippen LogP contribution in [0.2, 0.25) is 0 Å². The summed E-state index contributed by atoms with van der Waals surface area (Å²) >= 11 is 0. The summed E-state index contributed by atoms with van der Waals surface area (Å²) in [6.07, 6.45) is 3.69. The van der Waals surface area contributed by atoms with Crippen molar-refractivity contribution in [3.8, 4) is 0 Å². The zero-order chi connectivity index (χ0) is 26.2. The molecule has 1 aliphatic heterocycles. The number of aromatic nitrogens is 1. The molecule has 2 aromatic rings. The fourth-order valence-corrected chi connectivity index (χ4v) is 4.23. The van der Waals surface area contributed by atoms with Crippen molar-refractivity contribution in [1.82, 2.24) is 14.2 Å². The number of carbonyl (C=O) groups is 3. The first-order valence-electron chi connectivity index (χ1n) is 10.9. The first kappa shape index (κ1) is 28.0. The number of para-hydroxylation sites is 1. The topological polar surface area (TPSA) is 155 Å². The summed E-state index contributed by atoms with van der Waals surface area (Å²) in [4.78, 5) is 34.1. The molecule has 35 heavy (non-hydrogen) atoms. The lowest BCUT2D eigenvalue weighted by molar-refractivity contribution is -0.134. The number of hydrogen-bond acceptors (Lipinski definition) is 7. The fraction of sp³-hybridized carbons (Fsp3) is 0.435. The first-order chi connectivity index (χ1) is 16.4. The number of carboxylic acid groups (broad SMARTS) is 2. The molecule has 3 N–H and O–H groups in total. The number of carboxylic acids is 2. The van der Waals surface area contributed by atoms with Crippen molar-refractivity contribution in [2.24, 2.45) is 7.05 Å². The van der Waals surface area contributed by atoms with Gasteiger partial charge in [0.1, 0.15) is 6.10 Å². The van der Waals surface area contributed by atoms with Crippen LogP contribution in [0.15, 0.2) is 36.4 Å². The van der Waals surface area contributed by atoms with Crippen LogP contribution in [-0.2, 0) is 31.4 Å². The molecular formula is C23H31N3O8S.